The van der Waals surface area contributed by atoms with E-state index in [2.05, 4.69) is 35.8 Å². The molecule has 0 aliphatic carbocycles. The van der Waals surface area contributed by atoms with E-state index in [1.165, 1.54) is 4.68 Å². The second-order valence-electron chi connectivity index (χ2n) is 6.26. The highest BCUT2D eigenvalue weighted by atomic mass is 16.6. The lowest BCUT2D eigenvalue weighted by molar-refractivity contribution is 0.0948. The molecule has 11 nitrogen and oxygen atoms in total. The molecule has 1 aromatic carbocycles. The lowest BCUT2D eigenvalue weighted by Crippen LogP contribution is -2.22. The number of nitrogens with one attached hydrogen (secondary N) is 1. The van der Waals surface area contributed by atoms with E-state index in [4.69, 9.17) is 5.73 Å². The highest BCUT2D eigenvalue weighted by molar-refractivity contribution is 6.02. The third kappa shape index (κ3) is 3.68. The Balaban J connectivity index is 1.89. The van der Waals surface area contributed by atoms with Gasteiger partial charge in [-0.1, -0.05) is 26.0 Å². The van der Waals surface area contributed by atoms with Crippen LogP contribution < -0.4 is 11.2 Å². The van der Waals surface area contributed by atoms with Gasteiger partial charge in [0.15, 0.2) is 5.69 Å². The van der Waals surface area contributed by atoms with Crippen LogP contribution in [0.4, 0.5) is 5.82 Å². The average molecular weight is 384 g/mol. The number of hydrogen-bond donors (Lipinski definition) is 3. The van der Waals surface area contributed by atoms with Crippen LogP contribution >= 0.6 is 0 Å². The summed E-state index contributed by atoms with van der Waals surface area (Å²) >= 11 is 0. The molecule has 0 unspecified atom stereocenters. The topological polar surface area (TPSA) is 157 Å². The van der Waals surface area contributed by atoms with Gasteiger partial charge in [-0.25, -0.2) is 10.1 Å². The van der Waals surface area contributed by atoms with Crippen molar-refractivity contribution in [3.8, 4) is 11.6 Å². The Morgan fingerprint density at radius 1 is 1.32 bits per heavy atom. The summed E-state index contributed by atoms with van der Waals surface area (Å²) in [4.78, 5) is 12.7. The van der Waals surface area contributed by atoms with E-state index in [1.54, 1.807) is 24.3 Å². The first kappa shape index (κ1) is 19.0. The number of phenolic OH excluding ortho intramolecular Hbond substituents is 1. The molecule has 0 radical (unpaired) electrons. The zero-order valence-electron chi connectivity index (χ0n) is 15.6. The van der Waals surface area contributed by atoms with Crippen molar-refractivity contribution in [1.29, 1.82) is 0 Å². The summed E-state index contributed by atoms with van der Waals surface area (Å²) in [7, 11) is 0. The van der Waals surface area contributed by atoms with Crippen molar-refractivity contribution in [3.05, 3.63) is 41.2 Å². The van der Waals surface area contributed by atoms with Gasteiger partial charge in [0, 0.05) is 0 Å². The van der Waals surface area contributed by atoms with E-state index in [0.717, 1.165) is 5.56 Å². The van der Waals surface area contributed by atoms with Crippen molar-refractivity contribution in [2.75, 3.05) is 5.73 Å². The molecule has 0 atom stereocenters. The Morgan fingerprint density at radius 3 is 2.61 bits per heavy atom. The number of benzene rings is 1. The lowest BCUT2D eigenvalue weighted by Gasteiger charge is -2.09. The Kier molecular flexibility index (Phi) is 5.34. The zero-order chi connectivity index (χ0) is 20.3. The number of nitrogens with two attached hydrogens (primary N) is 1. The van der Waals surface area contributed by atoms with Crippen molar-refractivity contribution in [2.45, 2.75) is 33.1 Å². The second kappa shape index (κ2) is 7.86. The van der Waals surface area contributed by atoms with Gasteiger partial charge in [0.05, 0.1) is 11.4 Å². The molecule has 146 valence electrons. The first-order valence-electron chi connectivity index (χ1n) is 8.62. The number of hydrogen-bond acceptors (Lipinski definition) is 9. The van der Waals surface area contributed by atoms with Gasteiger partial charge in [-0.2, -0.15) is 9.78 Å². The summed E-state index contributed by atoms with van der Waals surface area (Å²) in [6.07, 6.45) is 0.579. The summed E-state index contributed by atoms with van der Waals surface area (Å²) in [5.74, 6) is -0.272. The molecule has 2 aromatic heterocycles. The number of carbonyl (C=O) groups excluding carboxylic acids is 1. The highest BCUT2D eigenvalue weighted by Crippen LogP contribution is 2.22. The van der Waals surface area contributed by atoms with Gasteiger partial charge in [-0.05, 0) is 52.5 Å². The maximum atomic E-state index is 12.7. The quantitative estimate of drug-likeness (QED) is 0.427. The molecule has 0 bridgehead atoms. The number of phenols is 1. The monoisotopic (exact) mass is 384 g/mol. The Hall–Kier alpha value is -3.76. The third-order valence-corrected chi connectivity index (χ3v) is 3.99. The molecule has 28 heavy (non-hydrogen) atoms. The largest absolute Gasteiger partial charge is 0.508 e. The predicted octanol–water partition coefficient (Wildman–Crippen LogP) is 1.61. The normalized spacial score (nSPS) is 11.8. The zero-order valence-corrected chi connectivity index (χ0v) is 15.6. The summed E-state index contributed by atoms with van der Waals surface area (Å²) in [5.41, 5.74) is 10.3. The van der Waals surface area contributed by atoms with Crippen LogP contribution in [0.1, 0.15) is 54.9 Å². The van der Waals surface area contributed by atoms with Crippen molar-refractivity contribution in [3.63, 3.8) is 0 Å². The summed E-state index contributed by atoms with van der Waals surface area (Å²) in [6.45, 7) is 5.67. The molecule has 2 heterocycles. The lowest BCUT2D eigenvalue weighted by atomic mass is 10.1. The number of anilines is 1. The second-order valence-corrected chi connectivity index (χ2v) is 6.26. The van der Waals surface area contributed by atoms with Crippen molar-refractivity contribution in [2.24, 2.45) is 5.10 Å². The SMILES string of the molecule is CC/C(=N\NC(=O)c1nnn(-c2nonc2N)c1C(C)C)c1ccc(O)cc1. The number of aromatic nitrogens is 5. The Bertz CT molecular complexity index is 1000. The van der Waals surface area contributed by atoms with Crippen molar-refractivity contribution >= 4 is 17.4 Å². The molecule has 0 aliphatic heterocycles. The molecule has 11 heteroatoms. The molecule has 0 saturated carbocycles. The number of rotatable bonds is 6. The maximum absolute atomic E-state index is 12.7. The van der Waals surface area contributed by atoms with Crippen LogP contribution in [0.2, 0.25) is 0 Å². The van der Waals surface area contributed by atoms with Gasteiger partial charge >= 0.3 is 0 Å². The highest BCUT2D eigenvalue weighted by Gasteiger charge is 2.25. The molecule has 0 aliphatic rings. The predicted molar refractivity (Wildman–Crippen MR) is 100 cm³/mol. The average Bonchev–Trinajstić information content (AvgIpc) is 3.29. The van der Waals surface area contributed by atoms with E-state index >= 15 is 0 Å². The third-order valence-electron chi connectivity index (χ3n) is 3.99. The number of amides is 1. The molecule has 3 rings (SSSR count). The smallest absolute Gasteiger partial charge is 0.293 e. The minimum atomic E-state index is -0.519. The van der Waals surface area contributed by atoms with Gasteiger partial charge in [-0.3, -0.25) is 4.79 Å². The van der Waals surface area contributed by atoms with Gasteiger partial charge < -0.3 is 10.8 Å². The molecule has 0 saturated heterocycles. The molecule has 3 aromatic rings. The Morgan fingerprint density at radius 2 is 2.04 bits per heavy atom. The first-order valence-corrected chi connectivity index (χ1v) is 8.62. The molecule has 0 fully saturated rings. The fourth-order valence-electron chi connectivity index (χ4n) is 2.64. The van der Waals surface area contributed by atoms with Gasteiger partial charge in [0.2, 0.25) is 11.6 Å². The molecular weight excluding hydrogens is 364 g/mol. The Labute approximate surface area is 160 Å². The maximum Gasteiger partial charge on any atom is 0.293 e. The minimum absolute atomic E-state index is 0.0392. The van der Waals surface area contributed by atoms with Crippen LogP contribution in [0.3, 0.4) is 0 Å². The van der Waals surface area contributed by atoms with Crippen LogP contribution in [0.5, 0.6) is 5.75 Å². The summed E-state index contributed by atoms with van der Waals surface area (Å²) in [5, 5.41) is 28.8. The van der Waals surface area contributed by atoms with Crippen molar-refractivity contribution < 1.29 is 14.5 Å². The number of aromatic hydroxyl groups is 1. The van der Waals surface area contributed by atoms with E-state index < -0.39 is 5.91 Å². The van der Waals surface area contributed by atoms with Gasteiger partial charge in [-0.15, -0.1) is 5.10 Å². The fourth-order valence-corrected chi connectivity index (χ4v) is 2.64. The van der Waals surface area contributed by atoms with Crippen LogP contribution in [0.15, 0.2) is 34.0 Å². The van der Waals surface area contributed by atoms with E-state index in [-0.39, 0.29) is 29.0 Å². The summed E-state index contributed by atoms with van der Waals surface area (Å²) < 4.78 is 5.93. The molecular formula is C17H20N8O3. The minimum Gasteiger partial charge on any atom is -0.508 e. The van der Waals surface area contributed by atoms with Crippen LogP contribution in [-0.4, -0.2) is 42.0 Å². The molecule has 1 amide bonds. The van der Waals surface area contributed by atoms with Crippen LogP contribution in [-0.2, 0) is 0 Å². The van der Waals surface area contributed by atoms with Crippen LogP contribution in [0, 0.1) is 0 Å². The molecule has 4 N–H and O–H groups in total. The van der Waals surface area contributed by atoms with Gasteiger partial charge in [0.25, 0.3) is 5.91 Å². The number of nitrogen functional groups attached to an aromatic ring is 1. The van der Waals surface area contributed by atoms with E-state index in [0.29, 0.717) is 17.8 Å². The van der Waals surface area contributed by atoms with E-state index in [9.17, 15) is 9.90 Å². The number of nitrogens with zero attached hydrogens (tertiary/aromatic N) is 6. The first-order chi connectivity index (χ1) is 13.4. The standard InChI is InChI=1S/C17H20N8O3/c1-4-12(10-5-7-11(26)8-6-10)19-21-17(27)13-14(9(2)3)25(24-20-13)16-15(18)22-28-23-16/h5-9,26H,4H2,1-3H3,(H2,18,22)(H,21,27)/b19-12+. The fraction of sp³-hybridized carbons (Fsp3) is 0.294. The number of hydrazone groups is 1. The van der Waals surface area contributed by atoms with E-state index in [1.807, 2.05) is 20.8 Å². The van der Waals surface area contributed by atoms with Gasteiger partial charge in [0.1, 0.15) is 5.75 Å². The summed E-state index contributed by atoms with van der Waals surface area (Å²) in [6, 6.07) is 6.56. The van der Waals surface area contributed by atoms with Crippen LogP contribution in [0.25, 0.3) is 5.82 Å². The molecule has 0 spiro atoms. The van der Waals surface area contributed by atoms with Crippen molar-refractivity contribution in [1.82, 2.24) is 30.7 Å². The number of carbonyl (C=O) groups is 1.